The van der Waals surface area contributed by atoms with E-state index in [0.29, 0.717) is 22.9 Å². The van der Waals surface area contributed by atoms with E-state index in [9.17, 15) is 5.26 Å². The Morgan fingerprint density at radius 3 is 2.65 bits per heavy atom. The van der Waals surface area contributed by atoms with Crippen molar-refractivity contribution in [2.24, 2.45) is 0 Å². The van der Waals surface area contributed by atoms with Crippen LogP contribution in [0.5, 0.6) is 11.6 Å². The van der Waals surface area contributed by atoms with E-state index in [-0.39, 0.29) is 23.0 Å². The first kappa shape index (κ1) is 16.2. The number of halogens is 1. The summed E-state index contributed by atoms with van der Waals surface area (Å²) >= 11 is 3.51. The maximum atomic E-state index is 9.42. The molecule has 0 radical (unpaired) electrons. The largest absolute Gasteiger partial charge is 0.438 e. The molecule has 1 aromatic heterocycles. The number of ether oxygens (including phenoxy) is 1. The van der Waals surface area contributed by atoms with E-state index in [4.69, 9.17) is 21.9 Å². The van der Waals surface area contributed by atoms with Crippen LogP contribution in [0, 0.1) is 11.3 Å². The molecule has 1 aliphatic rings. The zero-order valence-electron chi connectivity index (χ0n) is 13.5. The van der Waals surface area contributed by atoms with E-state index in [1.807, 2.05) is 42.5 Å². The van der Waals surface area contributed by atoms with Gasteiger partial charge in [-0.3, -0.25) is 0 Å². The molecule has 0 spiro atoms. The second-order valence-corrected chi connectivity index (χ2v) is 6.92. The van der Waals surface area contributed by atoms with Gasteiger partial charge in [0.05, 0.1) is 11.3 Å². The third kappa shape index (κ3) is 2.43. The van der Waals surface area contributed by atoms with E-state index in [2.05, 4.69) is 20.9 Å². The molecule has 7 heteroatoms. The van der Waals surface area contributed by atoms with Crippen LogP contribution in [0.3, 0.4) is 0 Å². The van der Waals surface area contributed by atoms with Crippen LogP contribution in [0.2, 0.25) is 0 Å². The lowest BCUT2D eigenvalue weighted by Crippen LogP contribution is -2.17. The minimum atomic E-state index is -0.257. The molecule has 6 N–H and O–H groups in total. The zero-order chi connectivity index (χ0) is 18.4. The number of nitrogen functional groups attached to an aromatic ring is 3. The van der Waals surface area contributed by atoms with Crippen LogP contribution in [0.25, 0.3) is 0 Å². The molecular weight excluding hydrogens is 394 g/mol. The second-order valence-electron chi connectivity index (χ2n) is 6.00. The van der Waals surface area contributed by atoms with Crippen LogP contribution >= 0.6 is 15.9 Å². The van der Waals surface area contributed by atoms with Gasteiger partial charge in [0.25, 0.3) is 0 Å². The summed E-state index contributed by atoms with van der Waals surface area (Å²) in [6.45, 7) is 0. The lowest BCUT2D eigenvalue weighted by atomic mass is 9.82. The van der Waals surface area contributed by atoms with Crippen molar-refractivity contribution >= 4 is 33.1 Å². The van der Waals surface area contributed by atoms with Crippen molar-refractivity contribution in [1.29, 1.82) is 5.26 Å². The minimum absolute atomic E-state index is 0.0455. The molecule has 1 aliphatic heterocycles. The summed E-state index contributed by atoms with van der Waals surface area (Å²) in [5.74, 6) is 0.678. The standard InChI is InChI=1S/C19H14BrN5O/c20-10-3-1-2-9(6-10)15-12-5-4-11(22)7-14(12)26-19-16(15)17(23)13(8-21)18(24)25-19/h1-7,15H,22H2,(H4,23,24,25). The van der Waals surface area contributed by atoms with Crippen LogP contribution < -0.4 is 21.9 Å². The SMILES string of the molecule is N#Cc1c(N)nc2c(c1N)C(c1cccc(Br)c1)c1ccc(N)cc1O2. The third-order valence-corrected chi connectivity index (χ3v) is 4.90. The van der Waals surface area contributed by atoms with Crippen molar-refractivity contribution in [2.75, 3.05) is 17.2 Å². The maximum Gasteiger partial charge on any atom is 0.227 e. The Hall–Kier alpha value is -3.24. The van der Waals surface area contributed by atoms with Gasteiger partial charge in [-0.2, -0.15) is 10.2 Å². The normalized spacial score (nSPS) is 14.7. The first-order valence-electron chi connectivity index (χ1n) is 7.81. The Morgan fingerprint density at radius 1 is 1.12 bits per heavy atom. The van der Waals surface area contributed by atoms with E-state index in [1.165, 1.54) is 0 Å². The number of hydrogen-bond acceptors (Lipinski definition) is 6. The minimum Gasteiger partial charge on any atom is -0.438 e. The second kappa shape index (κ2) is 5.93. The number of aromatic nitrogens is 1. The quantitative estimate of drug-likeness (QED) is 0.412. The van der Waals surface area contributed by atoms with Crippen LogP contribution in [0.15, 0.2) is 46.9 Å². The number of rotatable bonds is 1. The van der Waals surface area contributed by atoms with Crippen LogP contribution in [-0.4, -0.2) is 4.98 Å². The molecule has 3 aromatic rings. The fourth-order valence-corrected chi connectivity index (χ4v) is 3.67. The molecule has 2 heterocycles. The highest BCUT2D eigenvalue weighted by Crippen LogP contribution is 2.50. The van der Waals surface area contributed by atoms with Gasteiger partial charge >= 0.3 is 0 Å². The van der Waals surface area contributed by atoms with E-state index in [0.717, 1.165) is 15.6 Å². The average Bonchev–Trinajstić information content (AvgIpc) is 2.60. The van der Waals surface area contributed by atoms with Gasteiger partial charge in [-0.15, -0.1) is 0 Å². The summed E-state index contributed by atoms with van der Waals surface area (Å²) in [6.07, 6.45) is 0. The van der Waals surface area contributed by atoms with Gasteiger partial charge in [0.15, 0.2) is 0 Å². The van der Waals surface area contributed by atoms with Crippen LogP contribution in [0.4, 0.5) is 17.2 Å². The topological polar surface area (TPSA) is 124 Å². The summed E-state index contributed by atoms with van der Waals surface area (Å²) in [5, 5.41) is 9.42. The van der Waals surface area contributed by atoms with Crippen molar-refractivity contribution in [3.63, 3.8) is 0 Å². The summed E-state index contributed by atoms with van der Waals surface area (Å²) in [7, 11) is 0. The molecule has 0 aliphatic carbocycles. The molecule has 26 heavy (non-hydrogen) atoms. The number of hydrogen-bond donors (Lipinski definition) is 3. The van der Waals surface area contributed by atoms with Gasteiger partial charge in [0, 0.05) is 27.7 Å². The average molecular weight is 408 g/mol. The van der Waals surface area contributed by atoms with Crippen molar-refractivity contribution in [3.05, 3.63) is 69.2 Å². The van der Waals surface area contributed by atoms with Crippen molar-refractivity contribution < 1.29 is 4.74 Å². The number of benzene rings is 2. The summed E-state index contributed by atoms with van der Waals surface area (Å²) < 4.78 is 6.86. The molecule has 128 valence electrons. The number of pyridine rings is 1. The Bertz CT molecular complexity index is 1090. The van der Waals surface area contributed by atoms with Gasteiger partial charge in [0.1, 0.15) is 23.2 Å². The fourth-order valence-electron chi connectivity index (χ4n) is 3.26. The first-order valence-corrected chi connectivity index (χ1v) is 8.60. The number of nitriles is 1. The predicted octanol–water partition coefficient (Wildman–Crippen LogP) is 3.75. The monoisotopic (exact) mass is 407 g/mol. The summed E-state index contributed by atoms with van der Waals surface area (Å²) in [5.41, 5.74) is 21.6. The molecule has 4 rings (SSSR count). The third-order valence-electron chi connectivity index (χ3n) is 4.41. The predicted molar refractivity (Wildman–Crippen MR) is 104 cm³/mol. The number of anilines is 3. The smallest absolute Gasteiger partial charge is 0.227 e. The molecule has 2 aromatic carbocycles. The molecular formula is C19H14BrN5O. The highest BCUT2D eigenvalue weighted by Gasteiger charge is 2.34. The Kier molecular flexibility index (Phi) is 3.71. The Morgan fingerprint density at radius 2 is 1.92 bits per heavy atom. The van der Waals surface area contributed by atoms with Crippen molar-refractivity contribution in [3.8, 4) is 17.7 Å². The molecule has 0 saturated heterocycles. The molecule has 0 saturated carbocycles. The van der Waals surface area contributed by atoms with Gasteiger partial charge < -0.3 is 21.9 Å². The fraction of sp³-hybridized carbons (Fsp3) is 0.0526. The number of fused-ring (bicyclic) bond motifs is 2. The van der Waals surface area contributed by atoms with Gasteiger partial charge in [0.2, 0.25) is 5.88 Å². The number of nitrogens with zero attached hydrogens (tertiary/aromatic N) is 2. The molecule has 1 atom stereocenters. The summed E-state index contributed by atoms with van der Waals surface area (Å²) in [6, 6.07) is 15.4. The van der Waals surface area contributed by atoms with Gasteiger partial charge in [-0.1, -0.05) is 34.1 Å². The molecule has 6 nitrogen and oxygen atoms in total. The summed E-state index contributed by atoms with van der Waals surface area (Å²) in [4.78, 5) is 4.27. The molecule has 0 amide bonds. The lowest BCUT2D eigenvalue weighted by Gasteiger charge is -2.29. The maximum absolute atomic E-state index is 9.42. The Balaban J connectivity index is 2.06. The van der Waals surface area contributed by atoms with Crippen LogP contribution in [0.1, 0.15) is 28.2 Å². The van der Waals surface area contributed by atoms with Crippen LogP contribution in [-0.2, 0) is 0 Å². The zero-order valence-corrected chi connectivity index (χ0v) is 15.1. The van der Waals surface area contributed by atoms with E-state index < -0.39 is 0 Å². The molecule has 1 unspecified atom stereocenters. The highest BCUT2D eigenvalue weighted by molar-refractivity contribution is 9.10. The first-order chi connectivity index (χ1) is 12.5. The highest BCUT2D eigenvalue weighted by atomic mass is 79.9. The Labute approximate surface area is 158 Å². The van der Waals surface area contributed by atoms with Crippen molar-refractivity contribution in [1.82, 2.24) is 4.98 Å². The number of nitrogens with two attached hydrogens (primary N) is 3. The van der Waals surface area contributed by atoms with Crippen molar-refractivity contribution in [2.45, 2.75) is 5.92 Å². The van der Waals surface area contributed by atoms with E-state index in [1.54, 1.807) is 6.07 Å². The lowest BCUT2D eigenvalue weighted by molar-refractivity contribution is 0.435. The van der Waals surface area contributed by atoms with E-state index >= 15 is 0 Å². The molecule has 0 bridgehead atoms. The molecule has 0 fully saturated rings. The van der Waals surface area contributed by atoms with Gasteiger partial charge in [-0.25, -0.2) is 0 Å². The van der Waals surface area contributed by atoms with Gasteiger partial charge in [-0.05, 0) is 23.8 Å².